The van der Waals surface area contributed by atoms with Crippen LogP contribution in [0.2, 0.25) is 0 Å². The summed E-state index contributed by atoms with van der Waals surface area (Å²) in [5.41, 5.74) is 6.49. The highest BCUT2D eigenvalue weighted by molar-refractivity contribution is 5.28. The van der Waals surface area contributed by atoms with E-state index in [2.05, 4.69) is 0 Å². The molecule has 0 radical (unpaired) electrons. The smallest absolute Gasteiger partial charge is 0.119 e. The third-order valence-corrected chi connectivity index (χ3v) is 2.14. The van der Waals surface area contributed by atoms with E-state index in [4.69, 9.17) is 20.7 Å². The van der Waals surface area contributed by atoms with Gasteiger partial charge >= 0.3 is 0 Å². The van der Waals surface area contributed by atoms with Gasteiger partial charge in [0.25, 0.3) is 0 Å². The molecule has 4 heteroatoms. The molecule has 0 fully saturated rings. The van der Waals surface area contributed by atoms with Gasteiger partial charge in [-0.2, -0.15) is 0 Å². The van der Waals surface area contributed by atoms with Crippen LogP contribution in [0.3, 0.4) is 0 Å². The predicted molar refractivity (Wildman–Crippen MR) is 57.5 cm³/mol. The Bertz CT molecular complexity index is 287. The monoisotopic (exact) mass is 211 g/mol. The van der Waals surface area contributed by atoms with Gasteiger partial charge in [-0.3, -0.25) is 0 Å². The van der Waals surface area contributed by atoms with Crippen molar-refractivity contribution < 1.29 is 14.9 Å². The Labute approximate surface area is 89.3 Å². The largest absolute Gasteiger partial charge is 0.493 e. The molecule has 0 atom stereocenters. The third-order valence-electron chi connectivity index (χ3n) is 2.14. The fraction of sp³-hybridized carbons (Fsp3) is 0.455. The first-order chi connectivity index (χ1) is 7.30. The van der Waals surface area contributed by atoms with Crippen molar-refractivity contribution in [2.24, 2.45) is 11.7 Å². The van der Waals surface area contributed by atoms with Crippen molar-refractivity contribution in [3.05, 3.63) is 29.8 Å². The Morgan fingerprint density at radius 1 is 1.27 bits per heavy atom. The first-order valence-corrected chi connectivity index (χ1v) is 4.93. The highest BCUT2D eigenvalue weighted by atomic mass is 16.5. The maximum absolute atomic E-state index is 8.84. The summed E-state index contributed by atoms with van der Waals surface area (Å²) in [6.45, 7) is 0.627. The minimum Gasteiger partial charge on any atom is -0.493 e. The minimum absolute atomic E-state index is 0.0763. The van der Waals surface area contributed by atoms with Crippen LogP contribution < -0.4 is 10.5 Å². The van der Waals surface area contributed by atoms with Crippen LogP contribution in [-0.2, 0) is 6.54 Å². The van der Waals surface area contributed by atoms with Crippen LogP contribution in [0.25, 0.3) is 0 Å². The fourth-order valence-corrected chi connectivity index (χ4v) is 1.14. The normalized spacial score (nSPS) is 10.7. The zero-order valence-corrected chi connectivity index (χ0v) is 8.60. The van der Waals surface area contributed by atoms with Gasteiger partial charge in [0, 0.05) is 12.5 Å². The highest BCUT2D eigenvalue weighted by Crippen LogP contribution is 2.13. The van der Waals surface area contributed by atoms with E-state index in [1.54, 1.807) is 0 Å². The van der Waals surface area contributed by atoms with Crippen LogP contribution in [0.4, 0.5) is 0 Å². The number of benzene rings is 1. The number of aliphatic hydroxyl groups is 2. The van der Waals surface area contributed by atoms with Gasteiger partial charge in [-0.15, -0.1) is 0 Å². The molecule has 4 N–H and O–H groups in total. The second-order valence-electron chi connectivity index (χ2n) is 3.39. The molecule has 1 rings (SSSR count). The van der Waals surface area contributed by atoms with E-state index in [1.807, 2.05) is 24.3 Å². The molecule has 0 amide bonds. The molecule has 0 unspecified atom stereocenters. The number of ether oxygens (including phenoxy) is 1. The van der Waals surface area contributed by atoms with E-state index in [9.17, 15) is 0 Å². The SMILES string of the molecule is NCc1cccc(OCC(CO)CO)c1. The Hall–Kier alpha value is -1.10. The zero-order chi connectivity index (χ0) is 11.1. The average molecular weight is 211 g/mol. The first kappa shape index (κ1) is 12.0. The summed E-state index contributed by atoms with van der Waals surface area (Å²) in [4.78, 5) is 0. The molecule has 0 aliphatic rings. The van der Waals surface area contributed by atoms with Crippen molar-refractivity contribution in [1.29, 1.82) is 0 Å². The second kappa shape index (κ2) is 6.40. The highest BCUT2D eigenvalue weighted by Gasteiger charge is 2.06. The molecule has 0 saturated heterocycles. The molecule has 0 aliphatic carbocycles. The van der Waals surface area contributed by atoms with Crippen LogP contribution in [0.5, 0.6) is 5.75 Å². The van der Waals surface area contributed by atoms with Crippen molar-refractivity contribution in [3.63, 3.8) is 0 Å². The van der Waals surface area contributed by atoms with Gasteiger partial charge in [0.1, 0.15) is 5.75 Å². The van der Waals surface area contributed by atoms with Crippen LogP contribution >= 0.6 is 0 Å². The first-order valence-electron chi connectivity index (χ1n) is 4.93. The molecule has 0 spiro atoms. The van der Waals surface area contributed by atoms with Gasteiger partial charge in [-0.25, -0.2) is 0 Å². The maximum atomic E-state index is 8.84. The lowest BCUT2D eigenvalue weighted by Crippen LogP contribution is -2.19. The molecule has 1 aromatic carbocycles. The van der Waals surface area contributed by atoms with Crippen molar-refractivity contribution >= 4 is 0 Å². The van der Waals surface area contributed by atoms with Crippen molar-refractivity contribution in [1.82, 2.24) is 0 Å². The van der Waals surface area contributed by atoms with Gasteiger partial charge in [-0.1, -0.05) is 12.1 Å². The number of nitrogens with two attached hydrogens (primary N) is 1. The Morgan fingerprint density at radius 3 is 2.60 bits per heavy atom. The lowest BCUT2D eigenvalue weighted by atomic mass is 10.2. The van der Waals surface area contributed by atoms with E-state index in [-0.39, 0.29) is 19.1 Å². The topological polar surface area (TPSA) is 75.7 Å². The summed E-state index contributed by atoms with van der Waals surface area (Å²) in [6, 6.07) is 7.46. The maximum Gasteiger partial charge on any atom is 0.119 e. The molecule has 1 aromatic rings. The Balaban J connectivity index is 2.49. The summed E-state index contributed by atoms with van der Waals surface area (Å²) < 4.78 is 5.42. The number of hydrogen-bond donors (Lipinski definition) is 3. The lowest BCUT2D eigenvalue weighted by Gasteiger charge is -2.12. The summed E-state index contributed by atoms with van der Waals surface area (Å²) in [7, 11) is 0. The predicted octanol–water partition coefficient (Wildman–Crippen LogP) is 0.125. The molecule has 0 saturated carbocycles. The standard InChI is InChI=1S/C11H17NO3/c12-5-9-2-1-3-11(4-9)15-8-10(6-13)7-14/h1-4,10,13-14H,5-8,12H2. The Morgan fingerprint density at radius 2 is 2.00 bits per heavy atom. The average Bonchev–Trinajstić information content (AvgIpc) is 2.31. The number of aliphatic hydroxyl groups excluding tert-OH is 2. The molecule has 84 valence electrons. The van der Waals surface area contributed by atoms with Crippen molar-refractivity contribution in [3.8, 4) is 5.75 Å². The lowest BCUT2D eigenvalue weighted by molar-refractivity contribution is 0.106. The quantitative estimate of drug-likeness (QED) is 0.625. The van der Waals surface area contributed by atoms with E-state index in [1.165, 1.54) is 0 Å². The number of rotatable bonds is 6. The van der Waals surface area contributed by atoms with E-state index >= 15 is 0 Å². The van der Waals surface area contributed by atoms with Gasteiger partial charge in [0.15, 0.2) is 0 Å². The van der Waals surface area contributed by atoms with Gasteiger partial charge in [-0.05, 0) is 17.7 Å². The summed E-state index contributed by atoms with van der Waals surface area (Å²) >= 11 is 0. The van der Waals surface area contributed by atoms with Crippen molar-refractivity contribution in [2.75, 3.05) is 19.8 Å². The summed E-state index contributed by atoms with van der Waals surface area (Å²) in [6.07, 6.45) is 0. The molecular weight excluding hydrogens is 194 g/mol. The number of hydrogen-bond acceptors (Lipinski definition) is 4. The van der Waals surface area contributed by atoms with Gasteiger partial charge in [0.2, 0.25) is 0 Å². The van der Waals surface area contributed by atoms with Crippen LogP contribution in [0.1, 0.15) is 5.56 Å². The minimum atomic E-state index is -0.230. The van der Waals surface area contributed by atoms with E-state index < -0.39 is 0 Å². The van der Waals surface area contributed by atoms with Gasteiger partial charge in [0.05, 0.1) is 19.8 Å². The van der Waals surface area contributed by atoms with Crippen LogP contribution in [0.15, 0.2) is 24.3 Å². The molecule has 0 aliphatic heterocycles. The van der Waals surface area contributed by atoms with Crippen LogP contribution in [-0.4, -0.2) is 30.0 Å². The Kier molecular flexibility index (Phi) is 5.10. The summed E-state index contributed by atoms with van der Waals surface area (Å²) in [5, 5.41) is 17.7. The molecule has 0 aromatic heterocycles. The molecular formula is C11H17NO3. The fourth-order valence-electron chi connectivity index (χ4n) is 1.14. The summed E-state index contributed by atoms with van der Waals surface area (Å²) in [5.74, 6) is 0.483. The second-order valence-corrected chi connectivity index (χ2v) is 3.39. The van der Waals surface area contributed by atoms with Gasteiger partial charge < -0.3 is 20.7 Å². The molecule has 4 nitrogen and oxygen atoms in total. The molecule has 0 heterocycles. The van der Waals surface area contributed by atoms with Crippen molar-refractivity contribution in [2.45, 2.75) is 6.54 Å². The molecule has 0 bridgehead atoms. The third kappa shape index (κ3) is 3.87. The van der Waals surface area contributed by atoms with E-state index in [0.29, 0.717) is 18.9 Å². The zero-order valence-electron chi connectivity index (χ0n) is 8.60. The van der Waals surface area contributed by atoms with Crippen LogP contribution in [0, 0.1) is 5.92 Å². The molecule has 15 heavy (non-hydrogen) atoms. The van der Waals surface area contributed by atoms with E-state index in [0.717, 1.165) is 5.56 Å².